The summed E-state index contributed by atoms with van der Waals surface area (Å²) in [5.41, 5.74) is 3.36. The van der Waals surface area contributed by atoms with Gasteiger partial charge >= 0.3 is 5.97 Å². The van der Waals surface area contributed by atoms with Crippen LogP contribution in [-0.4, -0.2) is 17.5 Å². The molecule has 0 radical (unpaired) electrons. The highest BCUT2D eigenvalue weighted by Crippen LogP contribution is 2.27. The van der Waals surface area contributed by atoms with Crippen LogP contribution in [0.4, 0.5) is 0 Å². The highest BCUT2D eigenvalue weighted by Gasteiger charge is 2.21. The highest BCUT2D eigenvalue weighted by atomic mass is 16.5. The van der Waals surface area contributed by atoms with Crippen molar-refractivity contribution in [3.05, 3.63) is 65.5 Å². The molecule has 1 heterocycles. The lowest BCUT2D eigenvalue weighted by molar-refractivity contribution is -0.144. The molecule has 1 aliphatic rings. The minimum absolute atomic E-state index is 0.147. The molecule has 1 N–H and O–H groups in total. The quantitative estimate of drug-likeness (QED) is 0.862. The van der Waals surface area contributed by atoms with Gasteiger partial charge in [-0.1, -0.05) is 36.4 Å². The normalized spacial score (nSPS) is 16.8. The SMILES string of the molecule is O=C(CNC1CCCc2cccnc21)OCc1ccccc1. The van der Waals surface area contributed by atoms with E-state index in [1.165, 1.54) is 5.56 Å². The Morgan fingerprint density at radius 2 is 2.09 bits per heavy atom. The number of rotatable bonds is 5. The van der Waals surface area contributed by atoms with E-state index in [0.29, 0.717) is 6.61 Å². The molecule has 22 heavy (non-hydrogen) atoms. The Balaban J connectivity index is 1.50. The van der Waals surface area contributed by atoms with Crippen LogP contribution in [0.5, 0.6) is 0 Å². The molecule has 0 amide bonds. The molecular formula is C18H20N2O2. The lowest BCUT2D eigenvalue weighted by Crippen LogP contribution is -2.31. The first kappa shape index (κ1) is 14.7. The van der Waals surface area contributed by atoms with Crippen LogP contribution in [-0.2, 0) is 22.6 Å². The standard InChI is InChI=1S/C18H20N2O2/c21-17(22-13-14-6-2-1-3-7-14)12-20-16-10-4-8-15-9-5-11-19-18(15)16/h1-3,5-7,9,11,16,20H,4,8,10,12-13H2. The van der Waals surface area contributed by atoms with Gasteiger partial charge in [-0.15, -0.1) is 0 Å². The van der Waals surface area contributed by atoms with E-state index in [1.807, 2.05) is 42.6 Å². The maximum Gasteiger partial charge on any atom is 0.320 e. The zero-order valence-electron chi connectivity index (χ0n) is 12.5. The molecule has 0 aliphatic heterocycles. The molecule has 0 bridgehead atoms. The van der Waals surface area contributed by atoms with Crippen molar-refractivity contribution >= 4 is 5.97 Å². The van der Waals surface area contributed by atoms with E-state index < -0.39 is 0 Å². The van der Waals surface area contributed by atoms with Gasteiger partial charge in [-0.3, -0.25) is 15.1 Å². The molecule has 1 atom stereocenters. The second kappa shape index (κ2) is 7.18. The highest BCUT2D eigenvalue weighted by molar-refractivity contribution is 5.71. The molecule has 1 aliphatic carbocycles. The van der Waals surface area contributed by atoms with Crippen LogP contribution >= 0.6 is 0 Å². The first-order valence-electron chi connectivity index (χ1n) is 7.69. The molecule has 2 aromatic rings. The largest absolute Gasteiger partial charge is 0.460 e. The van der Waals surface area contributed by atoms with Crippen molar-refractivity contribution < 1.29 is 9.53 Å². The number of benzene rings is 1. The molecule has 0 spiro atoms. The molecule has 1 aromatic carbocycles. The summed E-state index contributed by atoms with van der Waals surface area (Å²) in [7, 11) is 0. The van der Waals surface area contributed by atoms with Crippen molar-refractivity contribution in [1.82, 2.24) is 10.3 Å². The van der Waals surface area contributed by atoms with Gasteiger partial charge in [0.1, 0.15) is 6.61 Å². The number of aromatic nitrogens is 1. The minimum Gasteiger partial charge on any atom is -0.460 e. The fourth-order valence-electron chi connectivity index (χ4n) is 2.80. The van der Waals surface area contributed by atoms with Crippen LogP contribution in [0, 0.1) is 0 Å². The summed E-state index contributed by atoms with van der Waals surface area (Å²) in [5.74, 6) is -0.230. The molecule has 3 rings (SSSR count). The van der Waals surface area contributed by atoms with Crippen molar-refractivity contribution in [1.29, 1.82) is 0 Å². The van der Waals surface area contributed by atoms with Crippen LogP contribution < -0.4 is 5.32 Å². The second-order valence-electron chi connectivity index (χ2n) is 5.52. The van der Waals surface area contributed by atoms with Crippen molar-refractivity contribution in [2.24, 2.45) is 0 Å². The molecule has 4 nitrogen and oxygen atoms in total. The second-order valence-corrected chi connectivity index (χ2v) is 5.52. The molecule has 1 unspecified atom stereocenters. The summed E-state index contributed by atoms with van der Waals surface area (Å²) >= 11 is 0. The third-order valence-electron chi connectivity index (χ3n) is 3.93. The number of ether oxygens (including phenoxy) is 1. The number of esters is 1. The van der Waals surface area contributed by atoms with Gasteiger partial charge in [0.05, 0.1) is 18.3 Å². The number of carbonyl (C=O) groups is 1. The average Bonchev–Trinajstić information content (AvgIpc) is 2.59. The zero-order valence-corrected chi connectivity index (χ0v) is 12.5. The van der Waals surface area contributed by atoms with Crippen LogP contribution in [0.15, 0.2) is 48.7 Å². The maximum absolute atomic E-state index is 11.9. The predicted molar refractivity (Wildman–Crippen MR) is 84.2 cm³/mol. The Kier molecular flexibility index (Phi) is 4.81. The Morgan fingerprint density at radius 3 is 2.95 bits per heavy atom. The lowest BCUT2D eigenvalue weighted by atomic mass is 9.92. The molecule has 114 valence electrons. The van der Waals surface area contributed by atoms with Gasteiger partial charge < -0.3 is 4.74 Å². The monoisotopic (exact) mass is 296 g/mol. The van der Waals surface area contributed by atoms with E-state index in [4.69, 9.17) is 4.74 Å². The van der Waals surface area contributed by atoms with Gasteiger partial charge in [0.25, 0.3) is 0 Å². The molecule has 0 fully saturated rings. The summed E-state index contributed by atoms with van der Waals surface area (Å²) < 4.78 is 5.29. The van der Waals surface area contributed by atoms with Crippen LogP contribution in [0.25, 0.3) is 0 Å². The van der Waals surface area contributed by atoms with Crippen LogP contribution in [0.1, 0.15) is 35.7 Å². The van der Waals surface area contributed by atoms with E-state index in [0.717, 1.165) is 30.5 Å². The van der Waals surface area contributed by atoms with Gasteiger partial charge in [-0.2, -0.15) is 0 Å². The van der Waals surface area contributed by atoms with E-state index in [2.05, 4.69) is 16.4 Å². The number of fused-ring (bicyclic) bond motifs is 1. The van der Waals surface area contributed by atoms with E-state index in [-0.39, 0.29) is 18.6 Å². The summed E-state index contributed by atoms with van der Waals surface area (Å²) in [4.78, 5) is 16.3. The van der Waals surface area contributed by atoms with E-state index in [1.54, 1.807) is 0 Å². The number of pyridine rings is 1. The zero-order chi connectivity index (χ0) is 15.2. The van der Waals surface area contributed by atoms with Crippen LogP contribution in [0.3, 0.4) is 0 Å². The Hall–Kier alpha value is -2.20. The number of hydrogen-bond donors (Lipinski definition) is 1. The van der Waals surface area contributed by atoms with Gasteiger partial charge in [0.2, 0.25) is 0 Å². The van der Waals surface area contributed by atoms with E-state index in [9.17, 15) is 4.79 Å². The fourth-order valence-corrected chi connectivity index (χ4v) is 2.80. The van der Waals surface area contributed by atoms with Crippen molar-refractivity contribution in [3.63, 3.8) is 0 Å². The summed E-state index contributed by atoms with van der Waals surface area (Å²) in [6, 6.07) is 13.9. The number of aryl methyl sites for hydroxylation is 1. The average molecular weight is 296 g/mol. The summed E-state index contributed by atoms with van der Waals surface area (Å²) in [6.07, 6.45) is 5.01. The third kappa shape index (κ3) is 3.71. The lowest BCUT2D eigenvalue weighted by Gasteiger charge is -2.24. The number of nitrogens with one attached hydrogen (secondary N) is 1. The smallest absolute Gasteiger partial charge is 0.320 e. The number of carbonyl (C=O) groups excluding carboxylic acids is 1. The first-order chi connectivity index (χ1) is 10.8. The minimum atomic E-state index is -0.230. The molecular weight excluding hydrogens is 276 g/mol. The summed E-state index contributed by atoms with van der Waals surface area (Å²) in [6.45, 7) is 0.536. The molecule has 4 heteroatoms. The summed E-state index contributed by atoms with van der Waals surface area (Å²) in [5, 5.41) is 3.28. The Labute approximate surface area is 130 Å². The molecule has 1 aromatic heterocycles. The predicted octanol–water partition coefficient (Wildman–Crippen LogP) is 2.79. The Morgan fingerprint density at radius 1 is 1.23 bits per heavy atom. The maximum atomic E-state index is 11.9. The van der Waals surface area contributed by atoms with Crippen molar-refractivity contribution in [3.8, 4) is 0 Å². The van der Waals surface area contributed by atoms with E-state index >= 15 is 0 Å². The first-order valence-corrected chi connectivity index (χ1v) is 7.69. The van der Waals surface area contributed by atoms with Crippen molar-refractivity contribution in [2.75, 3.05) is 6.54 Å². The van der Waals surface area contributed by atoms with Crippen molar-refractivity contribution in [2.45, 2.75) is 31.9 Å². The number of nitrogens with zero attached hydrogens (tertiary/aromatic N) is 1. The van der Waals surface area contributed by atoms with Gasteiger partial charge in [0, 0.05) is 6.20 Å². The fraction of sp³-hybridized carbons (Fsp3) is 0.333. The number of hydrogen-bond acceptors (Lipinski definition) is 4. The van der Waals surface area contributed by atoms with Gasteiger partial charge in [-0.25, -0.2) is 0 Å². The topological polar surface area (TPSA) is 51.2 Å². The Bertz CT molecular complexity index is 628. The third-order valence-corrected chi connectivity index (χ3v) is 3.93. The van der Waals surface area contributed by atoms with Gasteiger partial charge in [-0.05, 0) is 36.5 Å². The molecule has 0 saturated carbocycles. The molecule has 0 saturated heterocycles. The van der Waals surface area contributed by atoms with Crippen LogP contribution in [0.2, 0.25) is 0 Å². The van der Waals surface area contributed by atoms with Gasteiger partial charge in [0.15, 0.2) is 0 Å².